The molecule has 5 heteroatoms. The third-order valence-electron chi connectivity index (χ3n) is 3.00. The average molecular weight is 259 g/mol. The zero-order valence-corrected chi connectivity index (χ0v) is 12.1. The first-order chi connectivity index (χ1) is 8.26. The molecule has 1 heterocycles. The highest BCUT2D eigenvalue weighted by molar-refractivity contribution is 5.68. The summed E-state index contributed by atoms with van der Waals surface area (Å²) in [5.74, 6) is 0. The van der Waals surface area contributed by atoms with Gasteiger partial charge in [-0.3, -0.25) is 0 Å². The van der Waals surface area contributed by atoms with E-state index in [1.54, 1.807) is 12.0 Å². The van der Waals surface area contributed by atoms with E-state index in [-0.39, 0.29) is 11.7 Å². The van der Waals surface area contributed by atoms with E-state index in [1.807, 2.05) is 20.8 Å². The smallest absolute Gasteiger partial charge is 0.410 e. The van der Waals surface area contributed by atoms with Crippen molar-refractivity contribution in [3.05, 3.63) is 0 Å². The molecule has 1 saturated heterocycles. The molecule has 0 aromatic rings. The molecular formula is C13H25NO4. The van der Waals surface area contributed by atoms with Crippen LogP contribution in [0.2, 0.25) is 0 Å². The Hall–Kier alpha value is -0.810. The monoisotopic (exact) mass is 259 g/mol. The normalized spacial score (nSPS) is 19.7. The van der Waals surface area contributed by atoms with Gasteiger partial charge in [-0.1, -0.05) is 0 Å². The van der Waals surface area contributed by atoms with Crippen molar-refractivity contribution < 1.29 is 19.0 Å². The van der Waals surface area contributed by atoms with Crippen LogP contribution in [-0.4, -0.2) is 49.2 Å². The first kappa shape index (κ1) is 15.2. The van der Waals surface area contributed by atoms with Gasteiger partial charge in [-0.05, 0) is 40.5 Å². The lowest BCUT2D eigenvalue weighted by atomic mass is 9.94. The number of amides is 1. The molecule has 0 spiro atoms. The summed E-state index contributed by atoms with van der Waals surface area (Å²) in [5, 5.41) is 0. The van der Waals surface area contributed by atoms with Gasteiger partial charge in [-0.2, -0.15) is 0 Å². The lowest BCUT2D eigenvalue weighted by Crippen LogP contribution is -2.48. The van der Waals surface area contributed by atoms with E-state index in [4.69, 9.17) is 14.2 Å². The van der Waals surface area contributed by atoms with Crippen molar-refractivity contribution in [2.45, 2.75) is 51.7 Å². The van der Waals surface area contributed by atoms with E-state index in [0.717, 1.165) is 12.8 Å². The fraction of sp³-hybridized carbons (Fsp3) is 0.923. The molecule has 1 amide bonds. The van der Waals surface area contributed by atoms with Gasteiger partial charge in [0.25, 0.3) is 0 Å². The third-order valence-corrected chi connectivity index (χ3v) is 3.00. The Bertz CT molecular complexity index is 277. The molecule has 0 atom stereocenters. The van der Waals surface area contributed by atoms with Crippen molar-refractivity contribution in [3.8, 4) is 0 Å². The number of ether oxygens (including phenoxy) is 3. The Labute approximate surface area is 109 Å². The molecular weight excluding hydrogens is 234 g/mol. The predicted molar refractivity (Wildman–Crippen MR) is 68.4 cm³/mol. The van der Waals surface area contributed by atoms with E-state index in [0.29, 0.717) is 19.9 Å². The summed E-state index contributed by atoms with van der Waals surface area (Å²) in [6.07, 6.45) is 1.36. The Kier molecular flexibility index (Phi) is 4.99. The predicted octanol–water partition coefficient (Wildman–Crippen LogP) is 2.40. The van der Waals surface area contributed by atoms with Gasteiger partial charge >= 0.3 is 6.09 Å². The molecule has 0 radical (unpaired) electrons. The number of piperidine rings is 1. The van der Waals surface area contributed by atoms with Gasteiger partial charge in [-0.25, -0.2) is 4.79 Å². The van der Waals surface area contributed by atoms with Crippen molar-refractivity contribution in [2.24, 2.45) is 0 Å². The summed E-state index contributed by atoms with van der Waals surface area (Å²) < 4.78 is 15.9. The fourth-order valence-corrected chi connectivity index (χ4v) is 1.83. The SMILES string of the molecule is COCOC1(C)CCN(C(=O)OC(C)(C)C)CC1. The summed E-state index contributed by atoms with van der Waals surface area (Å²) in [5.41, 5.74) is -0.640. The Balaban J connectivity index is 2.41. The Morgan fingerprint density at radius 3 is 2.28 bits per heavy atom. The van der Waals surface area contributed by atoms with Crippen molar-refractivity contribution >= 4 is 6.09 Å². The number of hydrogen-bond acceptors (Lipinski definition) is 4. The fourth-order valence-electron chi connectivity index (χ4n) is 1.83. The molecule has 1 aliphatic heterocycles. The molecule has 0 N–H and O–H groups in total. The molecule has 1 aliphatic rings. The standard InChI is InChI=1S/C13H25NO4/c1-12(2,3)18-11(15)14-8-6-13(4,7-9-14)17-10-16-5/h6-10H2,1-5H3. The molecule has 0 aliphatic carbocycles. The van der Waals surface area contributed by atoms with E-state index < -0.39 is 5.60 Å². The zero-order valence-electron chi connectivity index (χ0n) is 12.1. The van der Waals surface area contributed by atoms with Gasteiger partial charge in [0.15, 0.2) is 0 Å². The van der Waals surface area contributed by atoms with Crippen LogP contribution >= 0.6 is 0 Å². The van der Waals surface area contributed by atoms with Gasteiger partial charge in [0.1, 0.15) is 12.4 Å². The van der Waals surface area contributed by atoms with Crippen molar-refractivity contribution in [1.82, 2.24) is 4.90 Å². The van der Waals surface area contributed by atoms with Crippen LogP contribution in [0.3, 0.4) is 0 Å². The van der Waals surface area contributed by atoms with Crippen molar-refractivity contribution in [2.75, 3.05) is 27.0 Å². The molecule has 0 saturated carbocycles. The minimum absolute atomic E-state index is 0.200. The van der Waals surface area contributed by atoms with Crippen molar-refractivity contribution in [1.29, 1.82) is 0 Å². The van der Waals surface area contributed by atoms with E-state index >= 15 is 0 Å². The second-order valence-electron chi connectivity index (χ2n) is 5.97. The summed E-state index contributed by atoms with van der Waals surface area (Å²) in [7, 11) is 1.61. The van der Waals surface area contributed by atoms with Gasteiger partial charge in [0.2, 0.25) is 0 Å². The molecule has 1 fully saturated rings. The molecule has 0 bridgehead atoms. The second-order valence-corrected chi connectivity index (χ2v) is 5.97. The van der Waals surface area contributed by atoms with Crippen LogP contribution in [-0.2, 0) is 14.2 Å². The van der Waals surface area contributed by atoms with Gasteiger partial charge in [0, 0.05) is 20.2 Å². The van der Waals surface area contributed by atoms with Crippen molar-refractivity contribution in [3.63, 3.8) is 0 Å². The summed E-state index contributed by atoms with van der Waals surface area (Å²) in [6, 6.07) is 0. The lowest BCUT2D eigenvalue weighted by molar-refractivity contribution is -0.141. The molecule has 0 aromatic heterocycles. The van der Waals surface area contributed by atoms with Crippen LogP contribution in [0.25, 0.3) is 0 Å². The van der Waals surface area contributed by atoms with Crippen LogP contribution < -0.4 is 0 Å². The number of likely N-dealkylation sites (tertiary alicyclic amines) is 1. The number of methoxy groups -OCH3 is 1. The third kappa shape index (κ3) is 4.82. The van der Waals surface area contributed by atoms with Crippen LogP contribution in [0, 0.1) is 0 Å². The highest BCUT2D eigenvalue weighted by Gasteiger charge is 2.34. The Morgan fingerprint density at radius 2 is 1.83 bits per heavy atom. The minimum atomic E-state index is -0.440. The van der Waals surface area contributed by atoms with Gasteiger partial charge < -0.3 is 19.1 Å². The molecule has 1 rings (SSSR count). The lowest BCUT2D eigenvalue weighted by Gasteiger charge is -2.39. The highest BCUT2D eigenvalue weighted by atomic mass is 16.7. The first-order valence-electron chi connectivity index (χ1n) is 6.37. The number of carbonyl (C=O) groups is 1. The Morgan fingerprint density at radius 1 is 1.28 bits per heavy atom. The maximum absolute atomic E-state index is 11.9. The zero-order chi connectivity index (χ0) is 13.8. The van der Waals surface area contributed by atoms with Crippen LogP contribution in [0.15, 0.2) is 0 Å². The molecule has 0 unspecified atom stereocenters. The molecule has 0 aromatic carbocycles. The molecule has 5 nitrogen and oxygen atoms in total. The van der Waals surface area contributed by atoms with E-state index in [9.17, 15) is 4.79 Å². The second kappa shape index (κ2) is 5.89. The van der Waals surface area contributed by atoms with Crippen LogP contribution in [0.1, 0.15) is 40.5 Å². The summed E-state index contributed by atoms with van der Waals surface area (Å²) in [6.45, 7) is 9.30. The quantitative estimate of drug-likeness (QED) is 0.730. The number of hydrogen-bond donors (Lipinski definition) is 0. The first-order valence-corrected chi connectivity index (χ1v) is 6.37. The molecule has 106 valence electrons. The largest absolute Gasteiger partial charge is 0.444 e. The highest BCUT2D eigenvalue weighted by Crippen LogP contribution is 2.26. The number of carbonyl (C=O) groups excluding carboxylic acids is 1. The molecule has 18 heavy (non-hydrogen) atoms. The topological polar surface area (TPSA) is 48.0 Å². The van der Waals surface area contributed by atoms with Crippen LogP contribution in [0.5, 0.6) is 0 Å². The maximum Gasteiger partial charge on any atom is 0.410 e. The van der Waals surface area contributed by atoms with Gasteiger partial charge in [-0.15, -0.1) is 0 Å². The van der Waals surface area contributed by atoms with Crippen LogP contribution in [0.4, 0.5) is 4.79 Å². The number of nitrogens with zero attached hydrogens (tertiary/aromatic N) is 1. The van der Waals surface area contributed by atoms with Gasteiger partial charge in [0.05, 0.1) is 5.60 Å². The van der Waals surface area contributed by atoms with E-state index in [1.165, 1.54) is 0 Å². The minimum Gasteiger partial charge on any atom is -0.444 e. The van der Waals surface area contributed by atoms with E-state index in [2.05, 4.69) is 6.92 Å². The number of rotatable bonds is 3. The summed E-state index contributed by atoms with van der Waals surface area (Å²) >= 11 is 0. The average Bonchev–Trinajstić information content (AvgIpc) is 2.25. The maximum atomic E-state index is 11.9. The summed E-state index contributed by atoms with van der Waals surface area (Å²) in [4.78, 5) is 13.6.